The zero-order valence-electron chi connectivity index (χ0n) is 22.0. The Bertz CT molecular complexity index is 1640. The molecule has 2 aromatic carbocycles. The van der Waals surface area contributed by atoms with Gasteiger partial charge in [0.15, 0.2) is 5.82 Å². The molecule has 0 radical (unpaired) electrons. The van der Waals surface area contributed by atoms with Crippen molar-refractivity contribution >= 4 is 28.4 Å². The third-order valence-electron chi connectivity index (χ3n) is 7.29. The quantitative estimate of drug-likeness (QED) is 0.327. The van der Waals surface area contributed by atoms with Crippen molar-refractivity contribution in [1.29, 1.82) is 0 Å². The van der Waals surface area contributed by atoms with Crippen molar-refractivity contribution < 1.29 is 14.3 Å². The first-order valence-electron chi connectivity index (χ1n) is 13.2. The first-order chi connectivity index (χ1) is 19.6. The molecule has 9 nitrogen and oxygen atoms in total. The molecule has 0 unspecified atom stereocenters. The second-order valence-corrected chi connectivity index (χ2v) is 9.75. The zero-order valence-corrected chi connectivity index (χ0v) is 22.0. The van der Waals surface area contributed by atoms with E-state index >= 15 is 0 Å². The van der Waals surface area contributed by atoms with Crippen molar-refractivity contribution in [3.63, 3.8) is 0 Å². The maximum Gasteiger partial charge on any atom is 0.274 e. The van der Waals surface area contributed by atoms with Gasteiger partial charge in [0.05, 0.1) is 18.2 Å². The molecule has 1 saturated heterocycles. The van der Waals surface area contributed by atoms with Crippen LogP contribution in [0.5, 0.6) is 5.75 Å². The zero-order chi connectivity index (χ0) is 27.5. The molecule has 0 spiro atoms. The van der Waals surface area contributed by atoms with E-state index in [0.717, 1.165) is 29.5 Å². The number of carbonyl (C=O) groups excluding carboxylic acids is 2. The number of methoxy groups -OCH3 is 1. The highest BCUT2D eigenvalue weighted by molar-refractivity contribution is 6.04. The fraction of sp³-hybridized carbons (Fsp3) is 0.194. The van der Waals surface area contributed by atoms with Gasteiger partial charge in [-0.05, 0) is 78.9 Å². The number of aromatic nitrogens is 4. The Kier molecular flexibility index (Phi) is 6.93. The van der Waals surface area contributed by atoms with E-state index in [1.165, 1.54) is 5.56 Å². The van der Waals surface area contributed by atoms with Crippen LogP contribution in [0.25, 0.3) is 16.7 Å². The number of ether oxygens (including phenoxy) is 1. The molecule has 2 amide bonds. The summed E-state index contributed by atoms with van der Waals surface area (Å²) in [6.45, 7) is 1.37. The lowest BCUT2D eigenvalue weighted by atomic mass is 9.89. The van der Waals surface area contributed by atoms with Crippen molar-refractivity contribution in [1.82, 2.24) is 24.6 Å². The summed E-state index contributed by atoms with van der Waals surface area (Å²) in [6.07, 6.45) is 6.87. The van der Waals surface area contributed by atoms with Gasteiger partial charge in [-0.1, -0.05) is 18.2 Å². The molecule has 0 atom stereocenters. The van der Waals surface area contributed by atoms with E-state index in [4.69, 9.17) is 4.74 Å². The number of hydrogen-bond acceptors (Lipinski definition) is 6. The minimum atomic E-state index is -0.260. The third kappa shape index (κ3) is 5.26. The Morgan fingerprint density at radius 1 is 0.975 bits per heavy atom. The van der Waals surface area contributed by atoms with Gasteiger partial charge in [0, 0.05) is 42.8 Å². The average Bonchev–Trinajstić information content (AvgIpc) is 3.56. The van der Waals surface area contributed by atoms with Crippen LogP contribution in [0, 0.1) is 0 Å². The molecular formula is C31H28N6O3. The lowest BCUT2D eigenvalue weighted by Crippen LogP contribution is -2.38. The van der Waals surface area contributed by atoms with E-state index in [2.05, 4.69) is 32.5 Å². The molecule has 200 valence electrons. The minimum absolute atomic E-state index is 0.00235. The van der Waals surface area contributed by atoms with Gasteiger partial charge in [-0.15, -0.1) is 0 Å². The van der Waals surface area contributed by atoms with E-state index in [1.54, 1.807) is 42.4 Å². The number of rotatable bonds is 6. The molecule has 1 aliphatic rings. The molecule has 0 saturated carbocycles. The Labute approximate surface area is 231 Å². The van der Waals surface area contributed by atoms with Gasteiger partial charge in [0.25, 0.3) is 11.8 Å². The van der Waals surface area contributed by atoms with Gasteiger partial charge >= 0.3 is 0 Å². The van der Waals surface area contributed by atoms with Crippen LogP contribution in [-0.4, -0.2) is 56.7 Å². The molecule has 1 fully saturated rings. The molecule has 1 N–H and O–H groups in total. The minimum Gasteiger partial charge on any atom is -0.497 e. The lowest BCUT2D eigenvalue weighted by molar-refractivity contribution is 0.0712. The molecular weight excluding hydrogens is 504 g/mol. The van der Waals surface area contributed by atoms with Gasteiger partial charge in [0.2, 0.25) is 0 Å². The van der Waals surface area contributed by atoms with Crippen LogP contribution in [0.1, 0.15) is 45.2 Å². The second-order valence-electron chi connectivity index (χ2n) is 9.75. The smallest absolute Gasteiger partial charge is 0.274 e. The van der Waals surface area contributed by atoms with E-state index in [1.807, 2.05) is 53.6 Å². The Morgan fingerprint density at radius 3 is 2.50 bits per heavy atom. The highest BCUT2D eigenvalue weighted by atomic mass is 16.5. The van der Waals surface area contributed by atoms with Gasteiger partial charge in [0.1, 0.15) is 11.4 Å². The number of benzene rings is 2. The standard InChI is InChI=1S/C31H28N6O3/c1-40-26-9-11-27-23(19-26)5-10-28(35-27)30(38)34-25-7-3-21(4-8-25)22-13-17-36(18-14-22)31(39)24-6-12-29(32-20-24)37-16-2-15-33-37/h2-12,15-16,19-20,22H,13-14,17-18H2,1H3,(H,34,38). The Morgan fingerprint density at radius 2 is 1.80 bits per heavy atom. The first-order valence-corrected chi connectivity index (χ1v) is 13.2. The molecule has 0 aliphatic carbocycles. The Balaban J connectivity index is 1.04. The van der Waals surface area contributed by atoms with Crippen molar-refractivity contribution in [3.05, 3.63) is 108 Å². The number of pyridine rings is 2. The van der Waals surface area contributed by atoms with Crippen molar-refractivity contribution in [2.24, 2.45) is 0 Å². The fourth-order valence-corrected chi connectivity index (χ4v) is 5.04. The first kappa shape index (κ1) is 25.2. The third-order valence-corrected chi connectivity index (χ3v) is 7.29. The number of carbonyl (C=O) groups is 2. The van der Waals surface area contributed by atoms with Crippen molar-refractivity contribution in [2.75, 3.05) is 25.5 Å². The number of amides is 2. The molecule has 5 aromatic rings. The number of anilines is 1. The monoisotopic (exact) mass is 532 g/mol. The van der Waals surface area contributed by atoms with Crippen LogP contribution in [0.2, 0.25) is 0 Å². The largest absolute Gasteiger partial charge is 0.497 e. The number of piperidine rings is 1. The topological polar surface area (TPSA) is 102 Å². The normalized spacial score (nSPS) is 13.8. The summed E-state index contributed by atoms with van der Waals surface area (Å²) in [5, 5.41) is 8.02. The molecule has 1 aliphatic heterocycles. The molecule has 6 rings (SSSR count). The van der Waals surface area contributed by atoms with Crippen LogP contribution < -0.4 is 10.1 Å². The van der Waals surface area contributed by atoms with Gasteiger partial charge in [-0.3, -0.25) is 9.59 Å². The van der Waals surface area contributed by atoms with E-state index in [9.17, 15) is 9.59 Å². The predicted molar refractivity (Wildman–Crippen MR) is 152 cm³/mol. The summed E-state index contributed by atoms with van der Waals surface area (Å²) in [5.41, 5.74) is 3.58. The summed E-state index contributed by atoms with van der Waals surface area (Å²) in [5.74, 6) is 1.52. The molecule has 9 heteroatoms. The predicted octanol–water partition coefficient (Wildman–Crippen LogP) is 5.10. The van der Waals surface area contributed by atoms with E-state index < -0.39 is 0 Å². The summed E-state index contributed by atoms with van der Waals surface area (Å²) in [7, 11) is 1.62. The number of fused-ring (bicyclic) bond motifs is 1. The summed E-state index contributed by atoms with van der Waals surface area (Å²) in [4.78, 5) is 36.6. The second kappa shape index (κ2) is 11.0. The number of nitrogens with one attached hydrogen (secondary N) is 1. The summed E-state index contributed by atoms with van der Waals surface area (Å²) < 4.78 is 6.91. The van der Waals surface area contributed by atoms with Crippen molar-refractivity contribution in [3.8, 4) is 11.6 Å². The van der Waals surface area contributed by atoms with E-state index in [0.29, 0.717) is 41.8 Å². The lowest BCUT2D eigenvalue weighted by Gasteiger charge is -2.32. The maximum absolute atomic E-state index is 13.0. The van der Waals surface area contributed by atoms with Crippen LogP contribution >= 0.6 is 0 Å². The molecule has 4 heterocycles. The summed E-state index contributed by atoms with van der Waals surface area (Å²) in [6, 6.07) is 22.5. The molecule has 3 aromatic heterocycles. The van der Waals surface area contributed by atoms with Crippen molar-refractivity contribution in [2.45, 2.75) is 18.8 Å². The van der Waals surface area contributed by atoms with Crippen LogP contribution in [-0.2, 0) is 0 Å². The highest BCUT2D eigenvalue weighted by Gasteiger charge is 2.25. The highest BCUT2D eigenvalue weighted by Crippen LogP contribution is 2.30. The van der Waals surface area contributed by atoms with Crippen LogP contribution in [0.4, 0.5) is 5.69 Å². The SMILES string of the molecule is COc1ccc2nc(C(=O)Nc3ccc(C4CCN(C(=O)c5ccc(-n6cccn6)nc5)CC4)cc3)ccc2c1. The fourth-order valence-electron chi connectivity index (χ4n) is 5.04. The van der Waals surface area contributed by atoms with Gasteiger partial charge in [-0.2, -0.15) is 5.10 Å². The molecule has 40 heavy (non-hydrogen) atoms. The van der Waals surface area contributed by atoms with Gasteiger partial charge < -0.3 is 15.0 Å². The summed E-state index contributed by atoms with van der Waals surface area (Å²) >= 11 is 0. The average molecular weight is 533 g/mol. The van der Waals surface area contributed by atoms with Crippen LogP contribution in [0.3, 0.4) is 0 Å². The number of nitrogens with zero attached hydrogens (tertiary/aromatic N) is 5. The van der Waals surface area contributed by atoms with Gasteiger partial charge in [-0.25, -0.2) is 14.6 Å². The van der Waals surface area contributed by atoms with Crippen LogP contribution in [0.15, 0.2) is 91.4 Å². The number of likely N-dealkylation sites (tertiary alicyclic amines) is 1. The Hall–Kier alpha value is -5.05. The molecule has 0 bridgehead atoms. The number of hydrogen-bond donors (Lipinski definition) is 1. The maximum atomic E-state index is 13.0. The van der Waals surface area contributed by atoms with E-state index in [-0.39, 0.29) is 11.8 Å².